The van der Waals surface area contributed by atoms with Gasteiger partial charge < -0.3 is 9.90 Å². The summed E-state index contributed by atoms with van der Waals surface area (Å²) in [7, 11) is 0. The molecule has 1 fully saturated rings. The van der Waals surface area contributed by atoms with Crippen molar-refractivity contribution in [2.75, 3.05) is 0 Å². The zero-order valence-corrected chi connectivity index (χ0v) is 11.0. The molecule has 0 aromatic carbocycles. The smallest absolute Gasteiger partial charge is 0.0669 e. The van der Waals surface area contributed by atoms with Crippen LogP contribution in [0.3, 0.4) is 0 Å². The van der Waals surface area contributed by atoms with Crippen LogP contribution in [0.1, 0.15) is 46.5 Å². The fourth-order valence-corrected chi connectivity index (χ4v) is 3.51. The second kappa shape index (κ2) is 4.67. The third-order valence-corrected chi connectivity index (χ3v) is 4.52. The van der Waals surface area contributed by atoms with Crippen molar-refractivity contribution in [1.82, 2.24) is 0 Å². The highest BCUT2D eigenvalue weighted by Gasteiger charge is 2.35. The molecular formula is C15H21O2-. The van der Waals surface area contributed by atoms with Crippen LogP contribution in [0.4, 0.5) is 0 Å². The van der Waals surface area contributed by atoms with Gasteiger partial charge in [0.2, 0.25) is 0 Å². The number of hydrogen-bond acceptors (Lipinski definition) is 2. The minimum absolute atomic E-state index is 0.344. The first-order valence-corrected chi connectivity index (χ1v) is 6.60. The van der Waals surface area contributed by atoms with E-state index in [9.17, 15) is 9.90 Å². The van der Waals surface area contributed by atoms with Crippen LogP contribution >= 0.6 is 0 Å². The van der Waals surface area contributed by atoms with E-state index in [0.29, 0.717) is 17.4 Å². The van der Waals surface area contributed by atoms with Gasteiger partial charge in [0.15, 0.2) is 0 Å². The molecule has 0 heterocycles. The molecule has 94 valence electrons. The Kier molecular flexibility index (Phi) is 3.41. The Morgan fingerprint density at radius 1 is 1.35 bits per heavy atom. The molecule has 0 unspecified atom stereocenters. The van der Waals surface area contributed by atoms with Crippen molar-refractivity contribution in [3.8, 4) is 0 Å². The van der Waals surface area contributed by atoms with Crippen molar-refractivity contribution in [1.29, 1.82) is 0 Å². The minimum Gasteiger partial charge on any atom is -0.545 e. The summed E-state index contributed by atoms with van der Waals surface area (Å²) in [5.41, 5.74) is 3.41. The highest BCUT2D eigenvalue weighted by Crippen LogP contribution is 2.48. The Bertz CT molecular complexity index is 390. The first kappa shape index (κ1) is 12.4. The van der Waals surface area contributed by atoms with E-state index in [1.807, 2.05) is 6.08 Å². The Morgan fingerprint density at radius 2 is 2.06 bits per heavy atom. The normalized spacial score (nSPS) is 33.8. The number of carboxylic acid groups (broad SMARTS) is 1. The van der Waals surface area contributed by atoms with E-state index in [4.69, 9.17) is 0 Å². The van der Waals surface area contributed by atoms with Crippen LogP contribution in [-0.4, -0.2) is 5.97 Å². The molecule has 2 aliphatic rings. The van der Waals surface area contributed by atoms with Gasteiger partial charge in [0, 0.05) is 0 Å². The molecule has 0 aromatic rings. The highest BCUT2D eigenvalue weighted by molar-refractivity contribution is 5.83. The first-order chi connectivity index (χ1) is 8.00. The van der Waals surface area contributed by atoms with E-state index in [2.05, 4.69) is 13.8 Å². The lowest BCUT2D eigenvalue weighted by Crippen LogP contribution is -2.26. The molecule has 1 saturated carbocycles. The molecule has 17 heavy (non-hydrogen) atoms. The van der Waals surface area contributed by atoms with Crippen LogP contribution < -0.4 is 5.11 Å². The zero-order chi connectivity index (χ0) is 12.6. The fourth-order valence-electron chi connectivity index (χ4n) is 3.51. The van der Waals surface area contributed by atoms with Crippen molar-refractivity contribution in [3.63, 3.8) is 0 Å². The lowest BCUT2D eigenvalue weighted by molar-refractivity contribution is -0.299. The van der Waals surface area contributed by atoms with Gasteiger partial charge in [-0.2, -0.15) is 0 Å². The van der Waals surface area contributed by atoms with Gasteiger partial charge in [0.05, 0.1) is 5.97 Å². The second-order valence-electron chi connectivity index (χ2n) is 5.68. The van der Waals surface area contributed by atoms with E-state index < -0.39 is 5.97 Å². The van der Waals surface area contributed by atoms with E-state index in [1.54, 1.807) is 6.92 Å². The van der Waals surface area contributed by atoms with E-state index in [-0.39, 0.29) is 0 Å². The molecule has 0 aliphatic heterocycles. The van der Waals surface area contributed by atoms with E-state index in [0.717, 1.165) is 12.3 Å². The maximum atomic E-state index is 10.8. The Labute approximate surface area is 103 Å². The molecule has 2 aliphatic carbocycles. The summed E-state index contributed by atoms with van der Waals surface area (Å²) in [4.78, 5) is 10.8. The van der Waals surface area contributed by atoms with Gasteiger partial charge in [-0.15, -0.1) is 0 Å². The van der Waals surface area contributed by atoms with Crippen molar-refractivity contribution in [3.05, 3.63) is 22.8 Å². The topological polar surface area (TPSA) is 40.1 Å². The van der Waals surface area contributed by atoms with Gasteiger partial charge >= 0.3 is 0 Å². The van der Waals surface area contributed by atoms with Crippen molar-refractivity contribution in [2.24, 2.45) is 17.8 Å². The predicted molar refractivity (Wildman–Crippen MR) is 66.1 cm³/mol. The average molecular weight is 233 g/mol. The molecule has 0 spiro atoms. The number of rotatable bonds is 2. The summed E-state index contributed by atoms with van der Waals surface area (Å²) < 4.78 is 0. The number of carbonyl (C=O) groups excluding carboxylic acids is 1. The quantitative estimate of drug-likeness (QED) is 0.543. The Balaban J connectivity index is 2.27. The summed E-state index contributed by atoms with van der Waals surface area (Å²) in [6, 6.07) is 0. The summed E-state index contributed by atoms with van der Waals surface area (Å²) in [6.45, 7) is 6.19. The molecular weight excluding hydrogens is 212 g/mol. The van der Waals surface area contributed by atoms with E-state index in [1.165, 1.54) is 30.4 Å². The molecule has 2 rings (SSSR count). The third-order valence-electron chi connectivity index (χ3n) is 4.52. The molecule has 3 atom stereocenters. The summed E-state index contributed by atoms with van der Waals surface area (Å²) in [6.07, 6.45) is 6.67. The van der Waals surface area contributed by atoms with Gasteiger partial charge in [-0.25, -0.2) is 0 Å². The molecule has 2 nitrogen and oxygen atoms in total. The first-order valence-electron chi connectivity index (χ1n) is 6.60. The van der Waals surface area contributed by atoms with E-state index >= 15 is 0 Å². The fraction of sp³-hybridized carbons (Fsp3) is 0.667. The molecule has 0 amide bonds. The number of hydrogen-bond donors (Lipinski definition) is 0. The largest absolute Gasteiger partial charge is 0.545 e. The number of fused-ring (bicyclic) bond motifs is 1. The van der Waals surface area contributed by atoms with Crippen LogP contribution in [0.2, 0.25) is 0 Å². The predicted octanol–water partition coefficient (Wildman–Crippen LogP) is 2.46. The van der Waals surface area contributed by atoms with Crippen molar-refractivity contribution >= 4 is 5.97 Å². The number of carbonyl (C=O) groups is 1. The maximum absolute atomic E-state index is 10.8. The minimum atomic E-state index is -1.03. The summed E-state index contributed by atoms with van der Waals surface area (Å²) >= 11 is 0. The SMILES string of the molecule is CC1=C2[C@H](/C=C(\C)C(=O)[O-])CC[C@@H](C)[C@H]2CC1. The molecule has 0 radical (unpaired) electrons. The third kappa shape index (κ3) is 2.31. The Hall–Kier alpha value is -1.05. The Morgan fingerprint density at radius 3 is 2.71 bits per heavy atom. The van der Waals surface area contributed by atoms with Crippen LogP contribution in [0.5, 0.6) is 0 Å². The van der Waals surface area contributed by atoms with Gasteiger partial charge in [-0.1, -0.05) is 24.1 Å². The van der Waals surface area contributed by atoms with Crippen LogP contribution in [0.15, 0.2) is 22.8 Å². The van der Waals surface area contributed by atoms with Gasteiger partial charge in [0.1, 0.15) is 0 Å². The zero-order valence-electron chi connectivity index (χ0n) is 11.0. The lowest BCUT2D eigenvalue weighted by Gasteiger charge is -2.34. The van der Waals surface area contributed by atoms with Crippen molar-refractivity contribution in [2.45, 2.75) is 46.5 Å². The number of allylic oxidation sites excluding steroid dienone is 3. The van der Waals surface area contributed by atoms with Gasteiger partial charge in [0.25, 0.3) is 0 Å². The highest BCUT2D eigenvalue weighted by atomic mass is 16.4. The van der Waals surface area contributed by atoms with Crippen molar-refractivity contribution < 1.29 is 9.90 Å². The van der Waals surface area contributed by atoms with Crippen LogP contribution in [0.25, 0.3) is 0 Å². The molecule has 0 aromatic heterocycles. The monoisotopic (exact) mass is 233 g/mol. The molecule has 0 saturated heterocycles. The number of aliphatic carboxylic acids is 1. The molecule has 0 N–H and O–H groups in total. The summed E-state index contributed by atoms with van der Waals surface area (Å²) in [5.74, 6) is 0.767. The van der Waals surface area contributed by atoms with Gasteiger partial charge in [-0.3, -0.25) is 0 Å². The van der Waals surface area contributed by atoms with Crippen LogP contribution in [0, 0.1) is 17.8 Å². The number of carboxylic acids is 1. The standard InChI is InChI=1S/C15H22O2/c1-9-4-6-12(8-11(3)15(16)17)14-10(2)5-7-13(9)14/h8-9,12-13H,4-7H2,1-3H3,(H,16,17)/p-1/b11-8+/t9-,12+,13-/m1/s1. The average Bonchev–Trinajstić information content (AvgIpc) is 2.66. The second-order valence-corrected chi connectivity index (χ2v) is 5.68. The maximum Gasteiger partial charge on any atom is 0.0669 e. The summed E-state index contributed by atoms with van der Waals surface area (Å²) in [5, 5.41) is 10.8. The van der Waals surface area contributed by atoms with Crippen LogP contribution in [-0.2, 0) is 4.79 Å². The molecule has 0 bridgehead atoms. The van der Waals surface area contributed by atoms with Gasteiger partial charge in [-0.05, 0) is 62.9 Å². The lowest BCUT2D eigenvalue weighted by atomic mass is 9.71. The molecule has 2 heteroatoms.